The van der Waals surface area contributed by atoms with Gasteiger partial charge in [0.25, 0.3) is 0 Å². The van der Waals surface area contributed by atoms with E-state index in [1.54, 1.807) is 0 Å². The van der Waals surface area contributed by atoms with Crippen LogP contribution in [0.15, 0.2) is 150 Å². The number of benzene rings is 6. The molecule has 10 rings (SSSR count). The standard InChI is InChI=1S/C42H28N2O/c1-2-11-27(12-3-1)28-21-23-40-33(25-28)34-26-29(22-24-41(34)45-40)43-37-18-9-6-15-32(37)42-38(43)19-10-20-39(42)44-35-16-7-4-13-30(35)31-14-5-8-17-36(31)44/h1-9,11-18,20-26H,10,19H2. The van der Waals surface area contributed by atoms with Gasteiger partial charge in [-0.2, -0.15) is 0 Å². The van der Waals surface area contributed by atoms with Crippen LogP contribution in [-0.4, -0.2) is 9.13 Å². The lowest BCUT2D eigenvalue weighted by Crippen LogP contribution is -2.09. The summed E-state index contributed by atoms with van der Waals surface area (Å²) in [6.45, 7) is 0. The van der Waals surface area contributed by atoms with E-state index in [9.17, 15) is 0 Å². The molecule has 0 spiro atoms. The number of allylic oxidation sites excluding steroid dienone is 1. The Morgan fingerprint density at radius 2 is 1.07 bits per heavy atom. The highest BCUT2D eigenvalue weighted by atomic mass is 16.3. The second-order valence-electron chi connectivity index (χ2n) is 12.0. The largest absolute Gasteiger partial charge is 0.456 e. The van der Waals surface area contributed by atoms with Gasteiger partial charge in [0, 0.05) is 43.9 Å². The van der Waals surface area contributed by atoms with Gasteiger partial charge < -0.3 is 13.6 Å². The fraction of sp³-hybridized carbons (Fsp3) is 0.0476. The van der Waals surface area contributed by atoms with Crippen molar-refractivity contribution >= 4 is 60.3 Å². The van der Waals surface area contributed by atoms with Gasteiger partial charge in [-0.15, -0.1) is 0 Å². The SMILES string of the molecule is C1=C(n2c3ccccc3c3ccccc32)c2c(n(-c3ccc4oc5ccc(-c6ccccc6)cc5c4c3)c3ccccc23)CC1. The van der Waals surface area contributed by atoms with Crippen LogP contribution in [0.25, 0.3) is 77.2 Å². The zero-order valence-corrected chi connectivity index (χ0v) is 24.6. The highest BCUT2D eigenvalue weighted by molar-refractivity contribution is 6.12. The summed E-state index contributed by atoms with van der Waals surface area (Å²) in [4.78, 5) is 0. The van der Waals surface area contributed by atoms with Crippen molar-refractivity contribution in [2.45, 2.75) is 12.8 Å². The van der Waals surface area contributed by atoms with E-state index in [1.165, 1.54) is 60.8 Å². The molecule has 3 heterocycles. The summed E-state index contributed by atoms with van der Waals surface area (Å²) >= 11 is 0. The van der Waals surface area contributed by atoms with Crippen LogP contribution >= 0.6 is 0 Å². The van der Waals surface area contributed by atoms with Gasteiger partial charge in [0.05, 0.1) is 22.2 Å². The number of hydrogen-bond donors (Lipinski definition) is 0. The number of rotatable bonds is 3. The summed E-state index contributed by atoms with van der Waals surface area (Å²) in [6.07, 6.45) is 4.40. The molecule has 9 aromatic rings. The average Bonchev–Trinajstić information content (AvgIpc) is 3.76. The summed E-state index contributed by atoms with van der Waals surface area (Å²) in [6, 6.07) is 50.2. The smallest absolute Gasteiger partial charge is 0.135 e. The molecule has 3 nitrogen and oxygen atoms in total. The summed E-state index contributed by atoms with van der Waals surface area (Å²) in [5, 5.41) is 6.14. The minimum absolute atomic E-state index is 0.912. The lowest BCUT2D eigenvalue weighted by atomic mass is 9.98. The van der Waals surface area contributed by atoms with Crippen LogP contribution in [0.3, 0.4) is 0 Å². The topological polar surface area (TPSA) is 23.0 Å². The van der Waals surface area contributed by atoms with Gasteiger partial charge in [-0.1, -0.05) is 97.1 Å². The van der Waals surface area contributed by atoms with E-state index in [1.807, 2.05) is 0 Å². The van der Waals surface area contributed by atoms with E-state index in [0.717, 1.165) is 40.5 Å². The third-order valence-electron chi connectivity index (χ3n) is 9.59. The highest BCUT2D eigenvalue weighted by Gasteiger charge is 2.26. The molecule has 3 aromatic heterocycles. The molecule has 0 atom stereocenters. The molecule has 1 aliphatic rings. The van der Waals surface area contributed by atoms with Gasteiger partial charge in [0.1, 0.15) is 11.2 Å². The van der Waals surface area contributed by atoms with Crippen LogP contribution in [0.1, 0.15) is 17.7 Å². The van der Waals surface area contributed by atoms with Crippen molar-refractivity contribution < 1.29 is 4.42 Å². The maximum atomic E-state index is 6.34. The van der Waals surface area contributed by atoms with Gasteiger partial charge >= 0.3 is 0 Å². The second kappa shape index (κ2) is 9.35. The maximum absolute atomic E-state index is 6.34. The molecule has 0 radical (unpaired) electrons. The third kappa shape index (κ3) is 3.52. The van der Waals surface area contributed by atoms with Crippen LogP contribution < -0.4 is 0 Å². The van der Waals surface area contributed by atoms with E-state index >= 15 is 0 Å². The first-order valence-electron chi connectivity index (χ1n) is 15.7. The highest BCUT2D eigenvalue weighted by Crippen LogP contribution is 2.43. The van der Waals surface area contributed by atoms with E-state index in [2.05, 4.69) is 155 Å². The number of aromatic nitrogens is 2. The van der Waals surface area contributed by atoms with Crippen molar-refractivity contribution in [3.8, 4) is 16.8 Å². The predicted octanol–water partition coefficient (Wildman–Crippen LogP) is 11.1. The fourth-order valence-corrected chi connectivity index (χ4v) is 7.66. The average molecular weight is 577 g/mol. The summed E-state index contributed by atoms with van der Waals surface area (Å²) in [5.41, 5.74) is 13.1. The Balaban J connectivity index is 1.22. The minimum Gasteiger partial charge on any atom is -0.456 e. The van der Waals surface area contributed by atoms with E-state index in [-0.39, 0.29) is 0 Å². The maximum Gasteiger partial charge on any atom is 0.135 e. The van der Waals surface area contributed by atoms with Crippen LogP contribution in [0, 0.1) is 0 Å². The molecule has 6 aromatic carbocycles. The Bertz CT molecular complexity index is 2590. The molecule has 0 saturated heterocycles. The first kappa shape index (κ1) is 24.6. The molecule has 0 aliphatic heterocycles. The van der Waals surface area contributed by atoms with Crippen molar-refractivity contribution in [1.29, 1.82) is 0 Å². The van der Waals surface area contributed by atoms with Gasteiger partial charge in [0.2, 0.25) is 0 Å². The molecular formula is C42H28N2O. The summed E-state index contributed by atoms with van der Waals surface area (Å²) in [7, 11) is 0. The van der Waals surface area contributed by atoms with Crippen molar-refractivity contribution in [1.82, 2.24) is 9.13 Å². The molecule has 0 amide bonds. The Morgan fingerprint density at radius 3 is 1.80 bits per heavy atom. The second-order valence-corrected chi connectivity index (χ2v) is 12.0. The first-order valence-corrected chi connectivity index (χ1v) is 15.7. The molecule has 1 aliphatic carbocycles. The van der Waals surface area contributed by atoms with E-state index < -0.39 is 0 Å². The molecule has 0 fully saturated rings. The number of hydrogen-bond acceptors (Lipinski definition) is 1. The Hall–Kier alpha value is -5.80. The van der Waals surface area contributed by atoms with Crippen LogP contribution in [0.5, 0.6) is 0 Å². The fourth-order valence-electron chi connectivity index (χ4n) is 7.66. The van der Waals surface area contributed by atoms with Crippen LogP contribution in [-0.2, 0) is 6.42 Å². The third-order valence-corrected chi connectivity index (χ3v) is 9.59. The lowest BCUT2D eigenvalue weighted by Gasteiger charge is -2.20. The minimum atomic E-state index is 0.912. The Labute approximate surface area is 259 Å². The molecule has 0 bridgehead atoms. The van der Waals surface area contributed by atoms with Gasteiger partial charge in [-0.3, -0.25) is 0 Å². The summed E-state index contributed by atoms with van der Waals surface area (Å²) in [5.74, 6) is 0. The van der Waals surface area contributed by atoms with Crippen molar-refractivity contribution in [3.63, 3.8) is 0 Å². The first-order chi connectivity index (χ1) is 22.3. The molecule has 0 N–H and O–H groups in total. The zero-order chi connectivity index (χ0) is 29.5. The van der Waals surface area contributed by atoms with Crippen molar-refractivity contribution in [3.05, 3.63) is 157 Å². The molecule has 45 heavy (non-hydrogen) atoms. The van der Waals surface area contributed by atoms with Crippen LogP contribution in [0.2, 0.25) is 0 Å². The molecule has 0 unspecified atom stereocenters. The normalized spacial score (nSPS) is 13.3. The van der Waals surface area contributed by atoms with E-state index in [4.69, 9.17) is 4.42 Å². The Kier molecular flexibility index (Phi) is 5.11. The monoisotopic (exact) mass is 576 g/mol. The Morgan fingerprint density at radius 1 is 0.467 bits per heavy atom. The summed E-state index contributed by atoms with van der Waals surface area (Å²) < 4.78 is 11.3. The van der Waals surface area contributed by atoms with Crippen molar-refractivity contribution in [2.75, 3.05) is 0 Å². The molecule has 0 saturated carbocycles. The predicted molar refractivity (Wildman–Crippen MR) is 187 cm³/mol. The van der Waals surface area contributed by atoms with Crippen molar-refractivity contribution in [2.24, 2.45) is 0 Å². The molecular weight excluding hydrogens is 548 g/mol. The number of para-hydroxylation sites is 3. The zero-order valence-electron chi connectivity index (χ0n) is 24.6. The molecule has 3 heteroatoms. The molecule has 212 valence electrons. The quantitative estimate of drug-likeness (QED) is 0.205. The van der Waals surface area contributed by atoms with Gasteiger partial charge in [-0.25, -0.2) is 0 Å². The number of fused-ring (bicyclic) bond motifs is 9. The number of furan rings is 1. The number of nitrogens with zero attached hydrogens (tertiary/aromatic N) is 2. The lowest BCUT2D eigenvalue weighted by molar-refractivity contribution is 0.669. The van der Waals surface area contributed by atoms with E-state index in [0.29, 0.717) is 0 Å². The van der Waals surface area contributed by atoms with Gasteiger partial charge in [-0.05, 0) is 72.5 Å². The van der Waals surface area contributed by atoms with Crippen LogP contribution in [0.4, 0.5) is 0 Å². The van der Waals surface area contributed by atoms with Gasteiger partial charge in [0.15, 0.2) is 0 Å².